The number of hydrogen-bond acceptors (Lipinski definition) is 8. The first-order valence-corrected chi connectivity index (χ1v) is 21.6. The number of nitrogens with zero attached hydrogens (tertiary/aromatic N) is 2. The van der Waals surface area contributed by atoms with E-state index in [1.54, 1.807) is 60.7 Å². The van der Waals surface area contributed by atoms with E-state index in [0.29, 0.717) is 33.6 Å². The van der Waals surface area contributed by atoms with Gasteiger partial charge in [-0.3, -0.25) is 19.2 Å². The standard InChI is InChI=1S/C57H35F3N2O8/c1-4-28-67-40-20-24-44-34(30-40)8-6-10-50(44)61-52(63)46-26-22-42(32-48(46)54(61)65)69-38-16-12-36(13-17-38)56(3,57(58,59)60)37-14-18-39(19-15-37)70-43-23-27-47-49(33-43)55(66)62(53(47)64)51-11-7-9-35-31-41(68-29-5-2)21-25-45(35)51/h1-2,6-27,30-33H,28-29H2,3H3. The molecule has 0 spiro atoms. The quantitative estimate of drug-likeness (QED) is 0.0879. The maximum atomic E-state index is 15.2. The Morgan fingerprint density at radius 3 is 1.21 bits per heavy atom. The van der Waals surface area contributed by atoms with Crippen LogP contribution in [0.5, 0.6) is 34.5 Å². The van der Waals surface area contributed by atoms with Gasteiger partial charge < -0.3 is 18.9 Å². The lowest BCUT2D eigenvalue weighted by Gasteiger charge is -2.33. The molecular formula is C57H35F3N2O8. The summed E-state index contributed by atoms with van der Waals surface area (Å²) >= 11 is 0. The van der Waals surface area contributed by atoms with Crippen molar-refractivity contribution in [2.75, 3.05) is 23.0 Å². The van der Waals surface area contributed by atoms with E-state index in [1.165, 1.54) is 84.9 Å². The van der Waals surface area contributed by atoms with Gasteiger partial charge in [-0.1, -0.05) is 60.4 Å². The number of imide groups is 2. The zero-order chi connectivity index (χ0) is 48.9. The monoisotopic (exact) mass is 932 g/mol. The Balaban J connectivity index is 0.839. The van der Waals surface area contributed by atoms with Gasteiger partial charge in [0.05, 0.1) is 33.6 Å². The Morgan fingerprint density at radius 2 is 0.829 bits per heavy atom. The van der Waals surface area contributed by atoms with Gasteiger partial charge in [0.15, 0.2) is 0 Å². The van der Waals surface area contributed by atoms with Crippen molar-refractivity contribution in [1.29, 1.82) is 0 Å². The molecule has 13 heteroatoms. The predicted molar refractivity (Wildman–Crippen MR) is 257 cm³/mol. The third-order valence-electron chi connectivity index (χ3n) is 12.4. The zero-order valence-electron chi connectivity index (χ0n) is 36.9. The van der Waals surface area contributed by atoms with Crippen LogP contribution in [0, 0.1) is 24.7 Å². The molecule has 0 radical (unpaired) electrons. The number of hydrogen-bond donors (Lipinski definition) is 0. The molecule has 0 fully saturated rings. The predicted octanol–water partition coefficient (Wildman–Crippen LogP) is 12.1. The minimum absolute atomic E-state index is 0.0774. The number of terminal acetylenes is 2. The minimum atomic E-state index is -4.75. The van der Waals surface area contributed by atoms with E-state index < -0.39 is 35.2 Å². The SMILES string of the molecule is C#CCOc1ccc2c(N3C(=O)c4ccc(Oc5ccc(C(C)(c6ccc(Oc7ccc8c(c7)C(=O)N(c7cccc9cc(OCC#C)ccc79)C8=O)cc6)C(F)(F)F)cc5)cc4C3=O)cccc2c1. The van der Waals surface area contributed by atoms with Crippen molar-refractivity contribution < 1.29 is 51.3 Å². The van der Waals surface area contributed by atoms with Crippen LogP contribution in [0.4, 0.5) is 24.5 Å². The summed E-state index contributed by atoms with van der Waals surface area (Å²) in [5, 5.41) is 2.73. The molecule has 0 saturated carbocycles. The second kappa shape index (κ2) is 17.4. The number of fused-ring (bicyclic) bond motifs is 4. The van der Waals surface area contributed by atoms with Crippen LogP contribution in [0.3, 0.4) is 0 Å². The van der Waals surface area contributed by atoms with E-state index in [-0.39, 0.29) is 69.6 Å². The molecule has 0 atom stereocenters. The number of amides is 4. The molecule has 10 nitrogen and oxygen atoms in total. The van der Waals surface area contributed by atoms with Crippen molar-refractivity contribution in [3.05, 3.63) is 191 Å². The summed E-state index contributed by atoms with van der Waals surface area (Å²) in [6.07, 6.45) is 5.88. The molecule has 8 aromatic rings. The lowest BCUT2D eigenvalue weighted by molar-refractivity contribution is -0.173. The lowest BCUT2D eigenvalue weighted by Crippen LogP contribution is -2.40. The van der Waals surface area contributed by atoms with E-state index in [1.807, 2.05) is 12.1 Å². The van der Waals surface area contributed by atoms with E-state index >= 15 is 13.2 Å². The average molecular weight is 933 g/mol. The van der Waals surface area contributed by atoms with E-state index in [9.17, 15) is 19.2 Å². The molecule has 0 bridgehead atoms. The van der Waals surface area contributed by atoms with Gasteiger partial charge in [-0.2, -0.15) is 13.2 Å². The summed E-state index contributed by atoms with van der Waals surface area (Å²) in [6.45, 7) is 1.24. The molecule has 0 N–H and O–H groups in total. The highest BCUT2D eigenvalue weighted by Crippen LogP contribution is 2.47. The molecule has 70 heavy (non-hydrogen) atoms. The zero-order valence-corrected chi connectivity index (χ0v) is 36.9. The second-order valence-electron chi connectivity index (χ2n) is 16.5. The summed E-state index contributed by atoms with van der Waals surface area (Å²) in [5.41, 5.74) is -1.32. The lowest BCUT2D eigenvalue weighted by atomic mass is 9.75. The van der Waals surface area contributed by atoms with Crippen molar-refractivity contribution >= 4 is 56.5 Å². The molecule has 10 rings (SSSR count). The van der Waals surface area contributed by atoms with Gasteiger partial charge in [-0.15, -0.1) is 12.8 Å². The topological polar surface area (TPSA) is 112 Å². The summed E-state index contributed by atoms with van der Waals surface area (Å²) in [6, 6.07) is 40.6. The van der Waals surface area contributed by atoms with E-state index in [0.717, 1.165) is 27.5 Å². The van der Waals surface area contributed by atoms with Crippen LogP contribution in [-0.2, 0) is 5.41 Å². The van der Waals surface area contributed by atoms with Crippen molar-refractivity contribution in [2.24, 2.45) is 0 Å². The highest BCUT2D eigenvalue weighted by atomic mass is 19.4. The van der Waals surface area contributed by atoms with Gasteiger partial charge in [0.2, 0.25) is 0 Å². The average Bonchev–Trinajstić information content (AvgIpc) is 3.76. The summed E-state index contributed by atoms with van der Waals surface area (Å²) in [5.74, 6) is 4.50. The fourth-order valence-corrected chi connectivity index (χ4v) is 8.79. The molecule has 4 amide bonds. The fraction of sp³-hybridized carbons (Fsp3) is 0.0877. The summed E-state index contributed by atoms with van der Waals surface area (Å²) < 4.78 is 68.6. The van der Waals surface area contributed by atoms with Crippen LogP contribution < -0.4 is 28.7 Å². The molecule has 8 aromatic carbocycles. The molecule has 2 heterocycles. The van der Waals surface area contributed by atoms with Gasteiger partial charge >= 0.3 is 6.18 Å². The number of benzene rings is 8. The summed E-state index contributed by atoms with van der Waals surface area (Å²) in [7, 11) is 0. The van der Waals surface area contributed by atoms with Crippen molar-refractivity contribution in [3.63, 3.8) is 0 Å². The van der Waals surface area contributed by atoms with Gasteiger partial charge in [0.1, 0.15) is 53.1 Å². The molecule has 0 aromatic heterocycles. The van der Waals surface area contributed by atoms with Crippen LogP contribution in [0.15, 0.2) is 158 Å². The highest BCUT2D eigenvalue weighted by Gasteiger charge is 2.53. The molecular weight excluding hydrogens is 898 g/mol. The number of ether oxygens (including phenoxy) is 4. The van der Waals surface area contributed by atoms with Gasteiger partial charge in [-0.05, 0) is 138 Å². The van der Waals surface area contributed by atoms with Crippen LogP contribution in [0.25, 0.3) is 21.5 Å². The first-order chi connectivity index (χ1) is 33.8. The van der Waals surface area contributed by atoms with Crippen molar-refractivity contribution in [1.82, 2.24) is 0 Å². The minimum Gasteiger partial charge on any atom is -0.481 e. The van der Waals surface area contributed by atoms with E-state index in [2.05, 4.69) is 11.8 Å². The number of anilines is 2. The van der Waals surface area contributed by atoms with E-state index in [4.69, 9.17) is 31.8 Å². The summed E-state index contributed by atoms with van der Waals surface area (Å²) in [4.78, 5) is 57.0. The van der Waals surface area contributed by atoms with Crippen LogP contribution in [0.1, 0.15) is 59.5 Å². The number of rotatable bonds is 12. The molecule has 2 aliphatic rings. The fourth-order valence-electron chi connectivity index (χ4n) is 8.79. The van der Waals surface area contributed by atoms with Crippen LogP contribution in [-0.4, -0.2) is 43.0 Å². The van der Waals surface area contributed by atoms with Crippen molar-refractivity contribution in [2.45, 2.75) is 18.5 Å². The molecule has 2 aliphatic heterocycles. The number of halogens is 3. The molecule has 0 saturated heterocycles. The Labute approximate surface area is 398 Å². The number of carbonyl (C=O) groups is 4. The second-order valence-corrected chi connectivity index (χ2v) is 16.5. The van der Waals surface area contributed by atoms with Gasteiger partial charge in [-0.25, -0.2) is 9.80 Å². The first kappa shape index (κ1) is 44.5. The van der Waals surface area contributed by atoms with Crippen LogP contribution >= 0.6 is 0 Å². The number of alkyl halides is 3. The first-order valence-electron chi connectivity index (χ1n) is 21.6. The maximum absolute atomic E-state index is 15.2. The molecule has 0 unspecified atom stereocenters. The Morgan fingerprint density at radius 1 is 0.457 bits per heavy atom. The van der Waals surface area contributed by atoms with Gasteiger partial charge in [0, 0.05) is 10.8 Å². The van der Waals surface area contributed by atoms with Crippen molar-refractivity contribution in [3.8, 4) is 59.2 Å². The highest BCUT2D eigenvalue weighted by molar-refractivity contribution is 6.37. The maximum Gasteiger partial charge on any atom is 0.402 e. The molecule has 0 aliphatic carbocycles. The normalized spacial score (nSPS) is 13.3. The Hall–Kier alpha value is -9.33. The smallest absolute Gasteiger partial charge is 0.402 e. The third-order valence-corrected chi connectivity index (χ3v) is 12.4. The Bertz CT molecular complexity index is 3350. The molecule has 342 valence electrons. The van der Waals surface area contributed by atoms with Crippen LogP contribution in [0.2, 0.25) is 0 Å². The Kier molecular flexibility index (Phi) is 11.1. The number of carbonyl (C=O) groups excluding carboxylic acids is 4. The van der Waals surface area contributed by atoms with Gasteiger partial charge in [0.25, 0.3) is 23.6 Å². The largest absolute Gasteiger partial charge is 0.481 e. The third kappa shape index (κ3) is 7.65.